The molecule has 0 amide bonds. The summed E-state index contributed by atoms with van der Waals surface area (Å²) in [6.45, 7) is 10.2. The zero-order chi connectivity index (χ0) is 53.2. The molecule has 14 rings (SSSR count). The second-order valence-electron chi connectivity index (χ2n) is 22.1. The first-order valence-corrected chi connectivity index (χ1v) is 27.4. The van der Waals surface area contributed by atoms with Gasteiger partial charge in [-0.3, -0.25) is 4.57 Å². The zero-order valence-corrected chi connectivity index (χ0v) is 44.8. The van der Waals surface area contributed by atoms with Crippen molar-refractivity contribution in [1.29, 1.82) is 0 Å². The van der Waals surface area contributed by atoms with Gasteiger partial charge in [-0.2, -0.15) is 0 Å². The predicted molar refractivity (Wildman–Crippen MR) is 329 cm³/mol. The molecule has 0 saturated carbocycles. The summed E-state index contributed by atoms with van der Waals surface area (Å²) in [5, 5.41) is 2.33. The lowest BCUT2D eigenvalue weighted by molar-refractivity contribution is 0.235. The van der Waals surface area contributed by atoms with Crippen molar-refractivity contribution in [3.05, 3.63) is 278 Å². The van der Waals surface area contributed by atoms with Crippen molar-refractivity contribution in [2.75, 3.05) is 16.5 Å². The predicted octanol–water partition coefficient (Wildman–Crippen LogP) is 19.4. The van der Waals surface area contributed by atoms with Crippen LogP contribution in [0, 0.1) is 5.41 Å². The summed E-state index contributed by atoms with van der Waals surface area (Å²) in [5.74, 6) is 2.42. The van der Waals surface area contributed by atoms with E-state index in [1.807, 2.05) is 18.3 Å². The van der Waals surface area contributed by atoms with Gasteiger partial charge >= 0.3 is 0 Å². The van der Waals surface area contributed by atoms with Crippen LogP contribution in [0.2, 0.25) is 0 Å². The van der Waals surface area contributed by atoms with Crippen LogP contribution in [-0.2, 0) is 5.41 Å². The smallest absolute Gasteiger partial charge is 0.137 e. The normalized spacial score (nSPS) is 14.3. The molecule has 12 aromatic rings. The van der Waals surface area contributed by atoms with Crippen molar-refractivity contribution in [1.82, 2.24) is 9.55 Å². The Labute approximate surface area is 462 Å². The van der Waals surface area contributed by atoms with E-state index in [1.54, 1.807) is 0 Å². The molecular formula is C74H58N4O. The minimum atomic E-state index is -0.266. The van der Waals surface area contributed by atoms with E-state index in [9.17, 15) is 0 Å². The molecule has 2 aliphatic heterocycles. The van der Waals surface area contributed by atoms with Gasteiger partial charge in [0.05, 0.1) is 29.1 Å². The summed E-state index contributed by atoms with van der Waals surface area (Å²) >= 11 is 0. The van der Waals surface area contributed by atoms with Crippen LogP contribution in [0.25, 0.3) is 94.4 Å². The number of rotatable bonds is 10. The molecule has 2 aliphatic rings. The summed E-state index contributed by atoms with van der Waals surface area (Å²) in [6, 6.07) is 92.0. The maximum Gasteiger partial charge on any atom is 0.137 e. The van der Waals surface area contributed by atoms with Gasteiger partial charge < -0.3 is 14.5 Å². The average molecular weight is 1020 g/mol. The Kier molecular flexibility index (Phi) is 11.5. The van der Waals surface area contributed by atoms with Gasteiger partial charge in [0.15, 0.2) is 0 Å². The summed E-state index contributed by atoms with van der Waals surface area (Å²) < 4.78 is 9.20. The van der Waals surface area contributed by atoms with Crippen molar-refractivity contribution in [3.63, 3.8) is 0 Å². The first-order chi connectivity index (χ1) is 38.7. The third kappa shape index (κ3) is 8.29. The number of hydrogen-bond donors (Lipinski definition) is 0. The van der Waals surface area contributed by atoms with Crippen molar-refractivity contribution < 1.29 is 4.74 Å². The Morgan fingerprint density at radius 2 is 0.873 bits per heavy atom. The number of ether oxygens (including phenoxy) is 1. The number of pyridine rings is 1. The Morgan fingerprint density at radius 3 is 1.42 bits per heavy atom. The Bertz CT molecular complexity index is 4040. The van der Waals surface area contributed by atoms with Crippen LogP contribution in [0.3, 0.4) is 0 Å². The molecule has 10 aromatic carbocycles. The third-order valence-electron chi connectivity index (χ3n) is 17.0. The highest BCUT2D eigenvalue weighted by Crippen LogP contribution is 2.58. The molecule has 0 unspecified atom stereocenters. The van der Waals surface area contributed by atoms with Gasteiger partial charge in [0.25, 0.3) is 0 Å². The van der Waals surface area contributed by atoms with E-state index in [0.717, 1.165) is 67.4 Å². The van der Waals surface area contributed by atoms with E-state index in [-0.39, 0.29) is 10.8 Å². The number of para-hydroxylation sites is 2. The number of fused-ring (bicyclic) bond motifs is 6. The first kappa shape index (κ1) is 47.7. The SMILES string of the molecule is CC1(C)C2=CN(c3c(-c4cc(-c5ccccc5)cc(-c5ccccc5)c4)cccc3-c3cc(-c4ccccc4)cc(-c4ccccc4)c3)CN2c2cc(Oc3ccc4c5ccccc5n(-c5ccccn5)c4c3)ccc2C1(C)C. The van der Waals surface area contributed by atoms with Gasteiger partial charge in [0.2, 0.25) is 0 Å². The lowest BCUT2D eigenvalue weighted by Crippen LogP contribution is -2.48. The van der Waals surface area contributed by atoms with Gasteiger partial charge in [-0.05, 0) is 134 Å². The minimum absolute atomic E-state index is 0.243. The molecule has 79 heavy (non-hydrogen) atoms. The number of hydrogen-bond acceptors (Lipinski definition) is 4. The molecule has 380 valence electrons. The first-order valence-electron chi connectivity index (χ1n) is 27.4. The molecule has 0 atom stereocenters. The van der Waals surface area contributed by atoms with Gasteiger partial charge in [0.1, 0.15) is 17.3 Å². The van der Waals surface area contributed by atoms with E-state index >= 15 is 0 Å². The zero-order valence-electron chi connectivity index (χ0n) is 44.8. The average Bonchev–Trinajstić information content (AvgIpc) is 4.09. The monoisotopic (exact) mass is 1020 g/mol. The maximum absolute atomic E-state index is 6.97. The Morgan fingerprint density at radius 1 is 0.392 bits per heavy atom. The van der Waals surface area contributed by atoms with Crippen LogP contribution in [0.1, 0.15) is 33.3 Å². The number of aromatic nitrogens is 2. The highest BCUT2D eigenvalue weighted by atomic mass is 16.5. The topological polar surface area (TPSA) is 33.5 Å². The number of allylic oxidation sites excluding steroid dienone is 1. The van der Waals surface area contributed by atoms with Crippen LogP contribution in [0.15, 0.2) is 273 Å². The molecule has 0 aliphatic carbocycles. The molecule has 4 heterocycles. The summed E-state index contributed by atoms with van der Waals surface area (Å²) in [6.07, 6.45) is 4.30. The van der Waals surface area contributed by atoms with E-state index in [4.69, 9.17) is 9.72 Å². The molecule has 5 nitrogen and oxygen atoms in total. The van der Waals surface area contributed by atoms with Crippen LogP contribution < -0.4 is 14.5 Å². The fourth-order valence-corrected chi connectivity index (χ4v) is 12.3. The van der Waals surface area contributed by atoms with Gasteiger partial charge in [0, 0.05) is 63.0 Å². The largest absolute Gasteiger partial charge is 0.457 e. The van der Waals surface area contributed by atoms with Crippen LogP contribution in [-0.4, -0.2) is 16.2 Å². The van der Waals surface area contributed by atoms with Gasteiger partial charge in [-0.1, -0.05) is 198 Å². The molecule has 0 saturated heterocycles. The van der Waals surface area contributed by atoms with E-state index < -0.39 is 0 Å². The highest BCUT2D eigenvalue weighted by molar-refractivity contribution is 6.09. The maximum atomic E-state index is 6.97. The molecule has 0 radical (unpaired) electrons. The minimum Gasteiger partial charge on any atom is -0.457 e. The second-order valence-corrected chi connectivity index (χ2v) is 22.1. The lowest BCUT2D eigenvalue weighted by Gasteiger charge is -2.51. The quantitative estimate of drug-likeness (QED) is 0.137. The molecule has 0 fully saturated rings. The Balaban J connectivity index is 0.939. The number of benzene rings is 10. The summed E-state index contributed by atoms with van der Waals surface area (Å²) in [5.41, 5.74) is 20.5. The summed E-state index contributed by atoms with van der Waals surface area (Å²) in [4.78, 5) is 9.86. The van der Waals surface area contributed by atoms with Crippen molar-refractivity contribution in [3.8, 4) is 84.1 Å². The molecule has 5 heteroatoms. The fraction of sp³-hybridized carbons (Fsp3) is 0.0946. The fourth-order valence-electron chi connectivity index (χ4n) is 12.3. The molecule has 0 bridgehead atoms. The van der Waals surface area contributed by atoms with E-state index in [0.29, 0.717) is 6.67 Å². The van der Waals surface area contributed by atoms with Crippen molar-refractivity contribution in [2.24, 2.45) is 5.41 Å². The van der Waals surface area contributed by atoms with E-state index in [1.165, 1.54) is 61.2 Å². The highest BCUT2D eigenvalue weighted by Gasteiger charge is 2.51. The molecule has 0 N–H and O–H groups in total. The number of nitrogens with zero attached hydrogens (tertiary/aromatic N) is 4. The van der Waals surface area contributed by atoms with E-state index in [2.05, 4.69) is 291 Å². The van der Waals surface area contributed by atoms with Crippen LogP contribution in [0.4, 0.5) is 11.4 Å². The standard InChI is InChI=1S/C74H58N4O/c1-73(2)66-38-36-61(79-60-35-37-65-64-30-17-18-33-67(64)78(68(65)46-60)71-34-19-20-39-75-71)47-69(66)77-49-76(48-70(77)74(73,3)4)72-62(58-42-54(50-22-9-5-10-23-50)40-55(43-58)51-24-11-6-12-25-51)31-21-32-63(72)59-44-56(52-26-13-7-14-27-52)41-57(45-59)53-28-15-8-16-29-53/h5-48H,49H2,1-4H3. The van der Waals surface area contributed by atoms with Crippen molar-refractivity contribution in [2.45, 2.75) is 33.1 Å². The van der Waals surface area contributed by atoms with Crippen LogP contribution >= 0.6 is 0 Å². The Hall–Kier alpha value is -9.71. The second kappa shape index (κ2) is 19.1. The number of anilines is 2. The van der Waals surface area contributed by atoms with Crippen molar-refractivity contribution >= 4 is 33.2 Å². The molecule has 0 spiro atoms. The molecular weight excluding hydrogens is 961 g/mol. The van der Waals surface area contributed by atoms with Gasteiger partial charge in [-0.15, -0.1) is 0 Å². The van der Waals surface area contributed by atoms with Crippen LogP contribution in [0.5, 0.6) is 11.5 Å². The summed E-state index contributed by atoms with van der Waals surface area (Å²) in [7, 11) is 0. The lowest BCUT2D eigenvalue weighted by atomic mass is 9.60. The molecule has 2 aromatic heterocycles. The third-order valence-corrected chi connectivity index (χ3v) is 17.0. The van der Waals surface area contributed by atoms with Gasteiger partial charge in [-0.25, -0.2) is 4.98 Å².